The Morgan fingerprint density at radius 1 is 1.30 bits per heavy atom. The van der Waals surface area contributed by atoms with Gasteiger partial charge in [0.15, 0.2) is 0 Å². The summed E-state index contributed by atoms with van der Waals surface area (Å²) >= 11 is 7.80. The minimum atomic E-state index is 0.137. The maximum absolute atomic E-state index is 6.31. The van der Waals surface area contributed by atoms with Gasteiger partial charge in [-0.05, 0) is 51.4 Å². The zero-order valence-electron chi connectivity index (χ0n) is 12.1. The van der Waals surface area contributed by atoms with Crippen LogP contribution < -0.4 is 5.73 Å². The molecule has 3 rings (SSSR count). The first-order chi connectivity index (χ1) is 9.65. The van der Waals surface area contributed by atoms with E-state index >= 15 is 0 Å². The quantitative estimate of drug-likeness (QED) is 0.931. The molecule has 3 unspecified atom stereocenters. The number of fused-ring (bicyclic) bond motifs is 1. The van der Waals surface area contributed by atoms with Crippen LogP contribution in [0.2, 0.25) is 4.34 Å². The van der Waals surface area contributed by atoms with Gasteiger partial charge in [0, 0.05) is 30.1 Å². The molecule has 3 nitrogen and oxygen atoms in total. The molecule has 2 fully saturated rings. The van der Waals surface area contributed by atoms with Crippen LogP contribution in [0, 0.1) is 0 Å². The highest BCUT2D eigenvalue weighted by Crippen LogP contribution is 2.34. The molecule has 2 aliphatic heterocycles. The van der Waals surface area contributed by atoms with Gasteiger partial charge in [-0.3, -0.25) is 9.80 Å². The predicted molar refractivity (Wildman–Crippen MR) is 86.5 cm³/mol. The minimum absolute atomic E-state index is 0.137. The molecule has 0 amide bonds. The molecular formula is C15H24ClN3S. The molecule has 0 bridgehead atoms. The monoisotopic (exact) mass is 313 g/mol. The molecule has 20 heavy (non-hydrogen) atoms. The molecule has 1 aromatic heterocycles. The molecule has 3 atom stereocenters. The van der Waals surface area contributed by atoms with E-state index < -0.39 is 0 Å². The number of thiophene rings is 1. The Kier molecular flexibility index (Phi) is 4.68. The SMILES string of the molecule is CC(N)C(c1ccc(Cl)s1)N1CCCN2CCCC2C1. The molecular weight excluding hydrogens is 290 g/mol. The number of rotatable bonds is 3. The van der Waals surface area contributed by atoms with E-state index in [0.717, 1.165) is 23.5 Å². The second kappa shape index (κ2) is 6.32. The highest BCUT2D eigenvalue weighted by Gasteiger charge is 2.33. The van der Waals surface area contributed by atoms with Crippen LogP contribution in [-0.2, 0) is 0 Å². The summed E-state index contributed by atoms with van der Waals surface area (Å²) < 4.78 is 0.864. The average Bonchev–Trinajstić information content (AvgIpc) is 2.95. The lowest BCUT2D eigenvalue weighted by Gasteiger charge is -2.34. The van der Waals surface area contributed by atoms with Crippen LogP contribution in [0.4, 0.5) is 0 Å². The molecule has 5 heteroatoms. The molecule has 1 aromatic rings. The number of hydrogen-bond donors (Lipinski definition) is 1. The maximum Gasteiger partial charge on any atom is 0.0931 e. The van der Waals surface area contributed by atoms with Gasteiger partial charge in [-0.1, -0.05) is 11.6 Å². The largest absolute Gasteiger partial charge is 0.326 e. The van der Waals surface area contributed by atoms with E-state index in [1.807, 2.05) is 6.07 Å². The van der Waals surface area contributed by atoms with Crippen LogP contribution in [0.3, 0.4) is 0 Å². The van der Waals surface area contributed by atoms with Crippen molar-refractivity contribution >= 4 is 22.9 Å². The van der Waals surface area contributed by atoms with E-state index in [0.29, 0.717) is 6.04 Å². The van der Waals surface area contributed by atoms with Crippen molar-refractivity contribution in [2.24, 2.45) is 5.73 Å². The summed E-state index contributed by atoms with van der Waals surface area (Å²) in [6.07, 6.45) is 3.94. The molecule has 0 saturated carbocycles. The Hall–Kier alpha value is -0.130. The fourth-order valence-electron chi connectivity index (χ4n) is 3.75. The van der Waals surface area contributed by atoms with Gasteiger partial charge in [-0.2, -0.15) is 0 Å². The molecule has 2 N–H and O–H groups in total. The summed E-state index contributed by atoms with van der Waals surface area (Å²) in [6, 6.07) is 5.33. The van der Waals surface area contributed by atoms with Crippen LogP contribution in [0.1, 0.15) is 37.1 Å². The number of hydrogen-bond acceptors (Lipinski definition) is 4. The van der Waals surface area contributed by atoms with E-state index in [1.54, 1.807) is 11.3 Å². The van der Waals surface area contributed by atoms with Crippen LogP contribution in [0.25, 0.3) is 0 Å². The summed E-state index contributed by atoms with van der Waals surface area (Å²) in [5.41, 5.74) is 6.31. The second-order valence-corrected chi connectivity index (χ2v) is 7.87. The third-order valence-corrected chi connectivity index (χ3v) is 5.91. The Balaban J connectivity index is 1.80. The third-order valence-electron chi connectivity index (χ3n) is 4.61. The topological polar surface area (TPSA) is 32.5 Å². The van der Waals surface area contributed by atoms with E-state index in [4.69, 9.17) is 17.3 Å². The normalized spacial score (nSPS) is 28.1. The Labute approximate surface area is 130 Å². The van der Waals surface area contributed by atoms with Crippen LogP contribution in [-0.4, -0.2) is 48.1 Å². The lowest BCUT2D eigenvalue weighted by Crippen LogP contribution is -2.43. The van der Waals surface area contributed by atoms with Crippen LogP contribution in [0.15, 0.2) is 12.1 Å². The molecule has 0 aliphatic carbocycles. The smallest absolute Gasteiger partial charge is 0.0931 e. The van der Waals surface area contributed by atoms with E-state index in [9.17, 15) is 0 Å². The highest BCUT2D eigenvalue weighted by atomic mass is 35.5. The van der Waals surface area contributed by atoms with Crippen molar-refractivity contribution in [2.75, 3.05) is 26.2 Å². The fraction of sp³-hybridized carbons (Fsp3) is 0.733. The number of halogens is 1. The molecule has 0 spiro atoms. The lowest BCUT2D eigenvalue weighted by molar-refractivity contribution is 0.159. The van der Waals surface area contributed by atoms with Gasteiger partial charge < -0.3 is 5.73 Å². The van der Waals surface area contributed by atoms with Gasteiger partial charge in [0.2, 0.25) is 0 Å². The predicted octanol–water partition coefficient (Wildman–Crippen LogP) is 2.96. The van der Waals surface area contributed by atoms with Crippen molar-refractivity contribution in [3.63, 3.8) is 0 Å². The van der Waals surface area contributed by atoms with Gasteiger partial charge in [0.25, 0.3) is 0 Å². The van der Waals surface area contributed by atoms with Crippen LogP contribution >= 0.6 is 22.9 Å². The van der Waals surface area contributed by atoms with Crippen molar-refractivity contribution in [1.82, 2.24) is 9.80 Å². The van der Waals surface area contributed by atoms with Gasteiger partial charge >= 0.3 is 0 Å². The average molecular weight is 314 g/mol. The summed E-state index contributed by atoms with van der Waals surface area (Å²) in [7, 11) is 0. The first kappa shape index (κ1) is 14.8. The van der Waals surface area contributed by atoms with Gasteiger partial charge in [-0.25, -0.2) is 0 Å². The minimum Gasteiger partial charge on any atom is -0.326 e. The zero-order chi connectivity index (χ0) is 14.1. The molecule has 112 valence electrons. The summed E-state index contributed by atoms with van der Waals surface area (Å²) in [5, 5.41) is 0. The maximum atomic E-state index is 6.31. The van der Waals surface area contributed by atoms with Gasteiger partial charge in [0.1, 0.15) is 0 Å². The Morgan fingerprint density at radius 3 is 2.80 bits per heavy atom. The van der Waals surface area contributed by atoms with Gasteiger partial charge in [0.05, 0.1) is 10.4 Å². The van der Waals surface area contributed by atoms with E-state index in [-0.39, 0.29) is 6.04 Å². The molecule has 0 radical (unpaired) electrons. The Morgan fingerprint density at radius 2 is 2.10 bits per heavy atom. The molecule has 3 heterocycles. The molecule has 2 saturated heterocycles. The standard InChI is InChI=1S/C15H24ClN3S/c1-11(17)15(13-5-6-14(16)20-13)19-9-3-8-18-7-2-4-12(18)10-19/h5-6,11-12,15H,2-4,7-10,17H2,1H3. The van der Waals surface area contributed by atoms with Crippen LogP contribution in [0.5, 0.6) is 0 Å². The van der Waals surface area contributed by atoms with E-state index in [2.05, 4.69) is 22.8 Å². The zero-order valence-corrected chi connectivity index (χ0v) is 13.7. The summed E-state index contributed by atoms with van der Waals surface area (Å²) in [6.45, 7) is 6.95. The van der Waals surface area contributed by atoms with E-state index in [1.165, 1.54) is 37.2 Å². The first-order valence-corrected chi connectivity index (χ1v) is 8.83. The Bertz CT molecular complexity index is 448. The van der Waals surface area contributed by atoms with Crippen molar-refractivity contribution in [1.29, 1.82) is 0 Å². The van der Waals surface area contributed by atoms with Crippen molar-refractivity contribution < 1.29 is 0 Å². The third kappa shape index (κ3) is 3.04. The van der Waals surface area contributed by atoms with Gasteiger partial charge in [-0.15, -0.1) is 11.3 Å². The second-order valence-electron chi connectivity index (χ2n) is 6.13. The lowest BCUT2D eigenvalue weighted by atomic mass is 10.1. The highest BCUT2D eigenvalue weighted by molar-refractivity contribution is 7.16. The van der Waals surface area contributed by atoms with Crippen molar-refractivity contribution in [2.45, 2.75) is 44.3 Å². The molecule has 2 aliphatic rings. The summed E-state index contributed by atoms with van der Waals surface area (Å²) in [5.74, 6) is 0. The fourth-order valence-corrected chi connectivity index (χ4v) is 5.06. The summed E-state index contributed by atoms with van der Waals surface area (Å²) in [4.78, 5) is 6.58. The molecule has 0 aromatic carbocycles. The number of nitrogens with zero attached hydrogens (tertiary/aromatic N) is 2. The number of nitrogens with two attached hydrogens (primary N) is 1. The van der Waals surface area contributed by atoms with Crippen molar-refractivity contribution in [3.05, 3.63) is 21.3 Å². The van der Waals surface area contributed by atoms with Crippen molar-refractivity contribution in [3.8, 4) is 0 Å². The first-order valence-electron chi connectivity index (χ1n) is 7.64.